The first-order valence-electron chi connectivity index (χ1n) is 9.54. The number of sulfonamides is 1. The SMILES string of the molecule is COCN(c1cccc(-c2[nH]ncc2-c2ccncc2)c1F)S(=O)(=O)c1cc(F)ccc1F. The Labute approximate surface area is 187 Å². The fraction of sp³-hybridized carbons (Fsp3) is 0.0909. The van der Waals surface area contributed by atoms with Crippen molar-refractivity contribution in [3.63, 3.8) is 0 Å². The Hall–Kier alpha value is -3.70. The number of aromatic nitrogens is 3. The minimum absolute atomic E-state index is 0.0211. The predicted molar refractivity (Wildman–Crippen MR) is 115 cm³/mol. The molecule has 0 amide bonds. The fourth-order valence-corrected chi connectivity index (χ4v) is 4.78. The van der Waals surface area contributed by atoms with Crippen LogP contribution in [0.2, 0.25) is 0 Å². The van der Waals surface area contributed by atoms with Gasteiger partial charge in [0.1, 0.15) is 23.3 Å². The highest BCUT2D eigenvalue weighted by Crippen LogP contribution is 2.36. The molecule has 11 heteroatoms. The van der Waals surface area contributed by atoms with Gasteiger partial charge >= 0.3 is 0 Å². The summed E-state index contributed by atoms with van der Waals surface area (Å²) in [6, 6.07) is 9.51. The van der Waals surface area contributed by atoms with Crippen LogP contribution in [-0.2, 0) is 14.8 Å². The molecule has 2 aromatic carbocycles. The molecule has 0 fully saturated rings. The summed E-state index contributed by atoms with van der Waals surface area (Å²) >= 11 is 0. The number of hydrogen-bond acceptors (Lipinski definition) is 5. The highest BCUT2D eigenvalue weighted by atomic mass is 32.2. The molecule has 170 valence electrons. The fourth-order valence-electron chi connectivity index (χ4n) is 3.33. The summed E-state index contributed by atoms with van der Waals surface area (Å²) in [7, 11) is -3.52. The number of halogens is 3. The molecule has 0 bridgehead atoms. The summed E-state index contributed by atoms with van der Waals surface area (Å²) < 4.78 is 75.6. The van der Waals surface area contributed by atoms with Crippen molar-refractivity contribution < 1.29 is 26.3 Å². The van der Waals surface area contributed by atoms with Gasteiger partial charge in [-0.1, -0.05) is 6.07 Å². The third kappa shape index (κ3) is 4.20. The molecule has 0 radical (unpaired) electrons. The van der Waals surface area contributed by atoms with Crippen LogP contribution in [0, 0.1) is 17.5 Å². The second-order valence-corrected chi connectivity index (χ2v) is 8.71. The van der Waals surface area contributed by atoms with E-state index in [9.17, 15) is 17.2 Å². The molecule has 0 atom stereocenters. The number of rotatable bonds is 7. The van der Waals surface area contributed by atoms with E-state index in [2.05, 4.69) is 15.2 Å². The lowest BCUT2D eigenvalue weighted by Gasteiger charge is -2.25. The van der Waals surface area contributed by atoms with Gasteiger partial charge in [-0.25, -0.2) is 25.9 Å². The molecule has 0 spiro atoms. The van der Waals surface area contributed by atoms with Crippen molar-refractivity contribution in [1.82, 2.24) is 15.2 Å². The number of benzene rings is 2. The van der Waals surface area contributed by atoms with Gasteiger partial charge in [-0.15, -0.1) is 0 Å². The molecule has 2 aromatic heterocycles. The molecule has 4 rings (SSSR count). The topological polar surface area (TPSA) is 88.2 Å². The van der Waals surface area contributed by atoms with E-state index in [1.165, 1.54) is 31.5 Å². The zero-order chi connectivity index (χ0) is 23.6. The maximum absolute atomic E-state index is 15.7. The van der Waals surface area contributed by atoms with Crippen molar-refractivity contribution in [2.75, 3.05) is 18.1 Å². The van der Waals surface area contributed by atoms with E-state index in [1.807, 2.05) is 0 Å². The summed E-state index contributed by atoms with van der Waals surface area (Å²) in [6.07, 6.45) is 4.64. The van der Waals surface area contributed by atoms with Crippen LogP contribution in [0.25, 0.3) is 22.4 Å². The van der Waals surface area contributed by atoms with Gasteiger partial charge in [0.25, 0.3) is 10.0 Å². The van der Waals surface area contributed by atoms with E-state index < -0.39 is 44.8 Å². The Bertz CT molecular complexity index is 1400. The molecule has 33 heavy (non-hydrogen) atoms. The van der Waals surface area contributed by atoms with Crippen LogP contribution in [0.15, 0.2) is 72.0 Å². The largest absolute Gasteiger partial charge is 0.363 e. The summed E-state index contributed by atoms with van der Waals surface area (Å²) in [4.78, 5) is 3.01. The van der Waals surface area contributed by atoms with E-state index in [0.717, 1.165) is 6.07 Å². The minimum Gasteiger partial charge on any atom is -0.363 e. The first kappa shape index (κ1) is 22.5. The molecule has 0 saturated carbocycles. The van der Waals surface area contributed by atoms with Gasteiger partial charge in [-0.3, -0.25) is 10.1 Å². The van der Waals surface area contributed by atoms with Gasteiger partial charge in [-0.05, 0) is 48.0 Å². The van der Waals surface area contributed by atoms with Crippen LogP contribution in [0.3, 0.4) is 0 Å². The standard InChI is InChI=1S/C22H17F3N4O3S/c1-32-13-29(33(30,31)20-11-15(23)5-6-18(20)24)19-4-2-3-16(21(19)25)22-17(12-27-28-22)14-7-9-26-10-8-14/h2-12H,13H2,1H3,(H,27,28). The monoisotopic (exact) mass is 474 g/mol. The number of methoxy groups -OCH3 is 1. The van der Waals surface area contributed by atoms with E-state index in [-0.39, 0.29) is 5.56 Å². The Morgan fingerprint density at radius 3 is 2.52 bits per heavy atom. The lowest BCUT2D eigenvalue weighted by Crippen LogP contribution is -2.34. The molecule has 4 aromatic rings. The Kier molecular flexibility index (Phi) is 6.16. The highest BCUT2D eigenvalue weighted by molar-refractivity contribution is 7.92. The van der Waals surface area contributed by atoms with Gasteiger partial charge in [0.2, 0.25) is 0 Å². The first-order valence-corrected chi connectivity index (χ1v) is 11.0. The van der Waals surface area contributed by atoms with Crippen LogP contribution in [0.5, 0.6) is 0 Å². The molecule has 0 aliphatic rings. The second kappa shape index (κ2) is 9.04. The number of H-pyrrole nitrogens is 1. The van der Waals surface area contributed by atoms with Crippen molar-refractivity contribution in [3.8, 4) is 22.4 Å². The third-order valence-corrected chi connectivity index (χ3v) is 6.61. The average Bonchev–Trinajstić information content (AvgIpc) is 3.29. The second-order valence-electron chi connectivity index (χ2n) is 6.88. The zero-order valence-corrected chi connectivity index (χ0v) is 18.0. The number of anilines is 1. The molecular formula is C22H17F3N4O3S. The van der Waals surface area contributed by atoms with E-state index >= 15 is 4.39 Å². The van der Waals surface area contributed by atoms with Gasteiger partial charge in [-0.2, -0.15) is 5.10 Å². The predicted octanol–water partition coefficient (Wildman–Crippen LogP) is 4.36. The summed E-state index contributed by atoms with van der Waals surface area (Å²) in [5.74, 6) is -3.06. The van der Waals surface area contributed by atoms with E-state index in [4.69, 9.17) is 4.74 Å². The van der Waals surface area contributed by atoms with Crippen molar-refractivity contribution in [1.29, 1.82) is 0 Å². The summed E-state index contributed by atoms with van der Waals surface area (Å²) in [6.45, 7) is -0.640. The number of nitrogens with zero attached hydrogens (tertiary/aromatic N) is 3. The normalized spacial score (nSPS) is 11.5. The van der Waals surface area contributed by atoms with E-state index in [0.29, 0.717) is 33.3 Å². The average molecular weight is 474 g/mol. The van der Waals surface area contributed by atoms with Crippen LogP contribution in [-0.4, -0.2) is 37.4 Å². The molecule has 7 nitrogen and oxygen atoms in total. The molecular weight excluding hydrogens is 457 g/mol. The maximum Gasteiger partial charge on any atom is 0.269 e. The quantitative estimate of drug-likeness (QED) is 0.402. The number of nitrogens with one attached hydrogen (secondary N) is 1. The van der Waals surface area contributed by atoms with Gasteiger partial charge in [0, 0.05) is 30.6 Å². The minimum atomic E-state index is -4.72. The first-order chi connectivity index (χ1) is 15.8. The lowest BCUT2D eigenvalue weighted by atomic mass is 10.0. The van der Waals surface area contributed by atoms with Crippen LogP contribution in [0.1, 0.15) is 0 Å². The van der Waals surface area contributed by atoms with Gasteiger partial charge in [0.15, 0.2) is 5.82 Å². The van der Waals surface area contributed by atoms with Gasteiger partial charge in [0.05, 0.1) is 17.6 Å². The van der Waals surface area contributed by atoms with Crippen molar-refractivity contribution in [2.45, 2.75) is 4.90 Å². The molecule has 0 aliphatic heterocycles. The molecule has 0 unspecified atom stereocenters. The molecule has 0 saturated heterocycles. The Balaban J connectivity index is 1.86. The van der Waals surface area contributed by atoms with Crippen molar-refractivity contribution in [3.05, 3.63) is 84.6 Å². The zero-order valence-electron chi connectivity index (χ0n) is 17.2. The van der Waals surface area contributed by atoms with Crippen LogP contribution >= 0.6 is 0 Å². The number of ether oxygens (including phenoxy) is 1. The Morgan fingerprint density at radius 1 is 1.03 bits per heavy atom. The number of aromatic amines is 1. The van der Waals surface area contributed by atoms with Crippen molar-refractivity contribution >= 4 is 15.7 Å². The summed E-state index contributed by atoms with van der Waals surface area (Å²) in [5.41, 5.74) is 1.18. The third-order valence-electron chi connectivity index (χ3n) is 4.85. The van der Waals surface area contributed by atoms with Crippen LogP contribution < -0.4 is 4.31 Å². The smallest absolute Gasteiger partial charge is 0.269 e. The van der Waals surface area contributed by atoms with Gasteiger partial charge < -0.3 is 4.74 Å². The lowest BCUT2D eigenvalue weighted by molar-refractivity contribution is 0.209. The number of hydrogen-bond donors (Lipinski definition) is 1. The summed E-state index contributed by atoms with van der Waals surface area (Å²) in [5, 5.41) is 6.71. The highest BCUT2D eigenvalue weighted by Gasteiger charge is 2.31. The number of pyridine rings is 1. The molecule has 2 heterocycles. The maximum atomic E-state index is 15.7. The van der Waals surface area contributed by atoms with E-state index in [1.54, 1.807) is 24.5 Å². The van der Waals surface area contributed by atoms with Crippen molar-refractivity contribution in [2.24, 2.45) is 0 Å². The molecule has 1 N–H and O–H groups in total. The molecule has 0 aliphatic carbocycles. The Morgan fingerprint density at radius 2 is 1.79 bits per heavy atom. The van der Waals surface area contributed by atoms with Crippen LogP contribution in [0.4, 0.5) is 18.9 Å².